The SMILES string of the molecule is O=C(NCCSCc1c(Cl)cccc1Cl)c1ccc(N2CCCC2=O)cc1. The molecule has 1 N–H and O–H groups in total. The Morgan fingerprint density at radius 2 is 1.81 bits per heavy atom. The first-order valence-corrected chi connectivity index (χ1v) is 10.7. The van der Waals surface area contributed by atoms with Crippen LogP contribution in [-0.2, 0) is 10.5 Å². The van der Waals surface area contributed by atoms with Crippen LogP contribution in [0.25, 0.3) is 0 Å². The summed E-state index contributed by atoms with van der Waals surface area (Å²) >= 11 is 14.0. The second kappa shape index (κ2) is 9.49. The molecule has 0 saturated carbocycles. The molecule has 1 heterocycles. The highest BCUT2D eigenvalue weighted by atomic mass is 35.5. The third-order valence-electron chi connectivity index (χ3n) is 4.35. The summed E-state index contributed by atoms with van der Waals surface area (Å²) in [7, 11) is 0. The van der Waals surface area contributed by atoms with Crippen LogP contribution in [0.5, 0.6) is 0 Å². The lowest BCUT2D eigenvalue weighted by Crippen LogP contribution is -2.26. The van der Waals surface area contributed by atoms with Crippen LogP contribution in [0.4, 0.5) is 5.69 Å². The molecule has 0 bridgehead atoms. The first kappa shape index (κ1) is 20.1. The van der Waals surface area contributed by atoms with Crippen LogP contribution in [0.2, 0.25) is 10.0 Å². The van der Waals surface area contributed by atoms with Gasteiger partial charge in [-0.25, -0.2) is 0 Å². The fraction of sp³-hybridized carbons (Fsp3) is 0.300. The largest absolute Gasteiger partial charge is 0.351 e. The van der Waals surface area contributed by atoms with E-state index in [-0.39, 0.29) is 11.8 Å². The van der Waals surface area contributed by atoms with E-state index in [9.17, 15) is 9.59 Å². The highest BCUT2D eigenvalue weighted by molar-refractivity contribution is 7.98. The summed E-state index contributed by atoms with van der Waals surface area (Å²) in [5, 5.41) is 4.23. The van der Waals surface area contributed by atoms with Crippen molar-refractivity contribution in [3.05, 3.63) is 63.6 Å². The topological polar surface area (TPSA) is 49.4 Å². The molecule has 1 aliphatic heterocycles. The maximum Gasteiger partial charge on any atom is 0.251 e. The zero-order chi connectivity index (χ0) is 19.2. The van der Waals surface area contributed by atoms with Crippen LogP contribution in [0.15, 0.2) is 42.5 Å². The van der Waals surface area contributed by atoms with E-state index in [1.807, 2.05) is 30.3 Å². The fourth-order valence-corrected chi connectivity index (χ4v) is 4.49. The summed E-state index contributed by atoms with van der Waals surface area (Å²) in [6.45, 7) is 1.30. The minimum Gasteiger partial charge on any atom is -0.351 e. The van der Waals surface area contributed by atoms with Gasteiger partial charge in [0.25, 0.3) is 5.91 Å². The first-order chi connectivity index (χ1) is 13.1. The Labute approximate surface area is 173 Å². The zero-order valence-electron chi connectivity index (χ0n) is 14.7. The van der Waals surface area contributed by atoms with Gasteiger partial charge in [-0.15, -0.1) is 0 Å². The Kier molecular flexibility index (Phi) is 7.05. The quantitative estimate of drug-likeness (QED) is 0.652. The molecule has 7 heteroatoms. The third kappa shape index (κ3) is 5.18. The van der Waals surface area contributed by atoms with E-state index in [1.54, 1.807) is 28.8 Å². The van der Waals surface area contributed by atoms with E-state index in [1.165, 1.54) is 0 Å². The maximum absolute atomic E-state index is 12.2. The van der Waals surface area contributed by atoms with Crippen LogP contribution in [0.3, 0.4) is 0 Å². The lowest BCUT2D eigenvalue weighted by molar-refractivity contribution is -0.117. The van der Waals surface area contributed by atoms with E-state index in [0.29, 0.717) is 34.3 Å². The Bertz CT molecular complexity index is 807. The van der Waals surface area contributed by atoms with Crippen molar-refractivity contribution < 1.29 is 9.59 Å². The maximum atomic E-state index is 12.2. The minimum absolute atomic E-state index is 0.120. The highest BCUT2D eigenvalue weighted by Crippen LogP contribution is 2.28. The van der Waals surface area contributed by atoms with Crippen LogP contribution >= 0.6 is 35.0 Å². The Morgan fingerprint density at radius 3 is 2.44 bits per heavy atom. The summed E-state index contributed by atoms with van der Waals surface area (Å²) in [6, 6.07) is 12.6. The molecule has 2 aromatic rings. The van der Waals surface area contributed by atoms with E-state index in [2.05, 4.69) is 5.32 Å². The Morgan fingerprint density at radius 1 is 1.11 bits per heavy atom. The predicted molar refractivity (Wildman–Crippen MR) is 113 cm³/mol. The molecular weight excluding hydrogens is 403 g/mol. The number of thioether (sulfide) groups is 1. The molecule has 142 valence electrons. The van der Waals surface area contributed by atoms with E-state index >= 15 is 0 Å². The van der Waals surface area contributed by atoms with Gasteiger partial charge in [-0.05, 0) is 48.4 Å². The molecule has 0 atom stereocenters. The molecule has 3 rings (SSSR count). The number of hydrogen-bond donors (Lipinski definition) is 1. The molecule has 0 spiro atoms. The van der Waals surface area contributed by atoms with Crippen LogP contribution < -0.4 is 10.2 Å². The van der Waals surface area contributed by atoms with Gasteiger partial charge in [0.15, 0.2) is 0 Å². The van der Waals surface area contributed by atoms with Crippen molar-refractivity contribution in [1.29, 1.82) is 0 Å². The number of anilines is 1. The predicted octanol–water partition coefficient (Wildman–Crippen LogP) is 4.78. The molecule has 1 saturated heterocycles. The molecule has 0 aromatic heterocycles. The van der Waals surface area contributed by atoms with Gasteiger partial charge in [-0.3, -0.25) is 9.59 Å². The second-order valence-electron chi connectivity index (χ2n) is 6.20. The molecule has 1 aliphatic rings. The number of carbonyl (C=O) groups excluding carboxylic acids is 2. The van der Waals surface area contributed by atoms with E-state index in [4.69, 9.17) is 23.2 Å². The zero-order valence-corrected chi connectivity index (χ0v) is 17.0. The number of nitrogens with one attached hydrogen (secondary N) is 1. The van der Waals surface area contributed by atoms with Crippen LogP contribution in [0, 0.1) is 0 Å². The van der Waals surface area contributed by atoms with Crippen LogP contribution in [0.1, 0.15) is 28.8 Å². The van der Waals surface area contributed by atoms with Gasteiger partial charge in [-0.1, -0.05) is 29.3 Å². The summed E-state index contributed by atoms with van der Waals surface area (Å²) in [5.41, 5.74) is 2.36. The van der Waals surface area contributed by atoms with Crippen molar-refractivity contribution in [2.24, 2.45) is 0 Å². The number of amides is 2. The summed E-state index contributed by atoms with van der Waals surface area (Å²) < 4.78 is 0. The summed E-state index contributed by atoms with van der Waals surface area (Å²) in [6.07, 6.45) is 1.48. The van der Waals surface area contributed by atoms with Crippen molar-refractivity contribution in [3.8, 4) is 0 Å². The number of hydrogen-bond acceptors (Lipinski definition) is 3. The average Bonchev–Trinajstić information content (AvgIpc) is 3.09. The molecule has 2 aromatic carbocycles. The standard InChI is InChI=1S/C20H20Cl2N2O2S/c21-17-3-1-4-18(22)16(17)13-27-12-10-23-20(26)14-6-8-15(9-7-14)24-11-2-5-19(24)25/h1,3-4,6-9H,2,5,10-13H2,(H,23,26). The summed E-state index contributed by atoms with van der Waals surface area (Å²) in [4.78, 5) is 25.8. The molecule has 1 fully saturated rings. The number of carbonyl (C=O) groups is 2. The highest BCUT2D eigenvalue weighted by Gasteiger charge is 2.21. The van der Waals surface area contributed by atoms with Gasteiger partial charge in [0, 0.05) is 52.3 Å². The van der Waals surface area contributed by atoms with Crippen LogP contribution in [-0.4, -0.2) is 30.7 Å². The smallest absolute Gasteiger partial charge is 0.251 e. The van der Waals surface area contributed by atoms with Crippen molar-refractivity contribution >= 4 is 52.5 Å². The van der Waals surface area contributed by atoms with Gasteiger partial charge in [-0.2, -0.15) is 11.8 Å². The molecule has 0 aliphatic carbocycles. The normalized spacial score (nSPS) is 13.9. The van der Waals surface area contributed by atoms with Crippen molar-refractivity contribution in [3.63, 3.8) is 0 Å². The molecule has 0 unspecified atom stereocenters. The van der Waals surface area contributed by atoms with Crippen molar-refractivity contribution in [2.45, 2.75) is 18.6 Å². The van der Waals surface area contributed by atoms with E-state index < -0.39 is 0 Å². The lowest BCUT2D eigenvalue weighted by Gasteiger charge is -2.15. The van der Waals surface area contributed by atoms with Gasteiger partial charge in [0.1, 0.15) is 0 Å². The first-order valence-electron chi connectivity index (χ1n) is 8.75. The lowest BCUT2D eigenvalue weighted by atomic mass is 10.2. The van der Waals surface area contributed by atoms with E-state index in [0.717, 1.165) is 30.0 Å². The second-order valence-corrected chi connectivity index (χ2v) is 8.12. The third-order valence-corrected chi connectivity index (χ3v) is 6.05. The minimum atomic E-state index is -0.120. The molecule has 2 amide bonds. The Balaban J connectivity index is 1.43. The van der Waals surface area contributed by atoms with Gasteiger partial charge in [0.2, 0.25) is 5.91 Å². The number of nitrogens with zero attached hydrogens (tertiary/aromatic N) is 1. The van der Waals surface area contributed by atoms with Gasteiger partial charge < -0.3 is 10.2 Å². The number of benzene rings is 2. The van der Waals surface area contributed by atoms with Crippen molar-refractivity contribution in [2.75, 3.05) is 23.7 Å². The number of rotatable bonds is 7. The van der Waals surface area contributed by atoms with Gasteiger partial charge in [0.05, 0.1) is 0 Å². The van der Waals surface area contributed by atoms with Crippen molar-refractivity contribution in [1.82, 2.24) is 5.32 Å². The fourth-order valence-electron chi connectivity index (χ4n) is 2.90. The monoisotopic (exact) mass is 422 g/mol. The average molecular weight is 423 g/mol. The molecule has 0 radical (unpaired) electrons. The Hall–Kier alpha value is -1.69. The number of halogens is 2. The summed E-state index contributed by atoms with van der Waals surface area (Å²) in [5.74, 6) is 1.48. The molecule has 4 nitrogen and oxygen atoms in total. The van der Waals surface area contributed by atoms with Gasteiger partial charge >= 0.3 is 0 Å². The molecule has 27 heavy (non-hydrogen) atoms. The molecular formula is C20H20Cl2N2O2S.